The van der Waals surface area contributed by atoms with Crippen molar-refractivity contribution in [3.05, 3.63) is 83.1 Å². The number of nitriles is 1. The third kappa shape index (κ3) is 6.04. The first-order valence-electron chi connectivity index (χ1n) is 11.4. The first kappa shape index (κ1) is 26.8. The van der Waals surface area contributed by atoms with Crippen molar-refractivity contribution >= 4 is 34.4 Å². The Balaban J connectivity index is 1.94. The van der Waals surface area contributed by atoms with E-state index >= 15 is 0 Å². The number of aryl methyl sites for hydroxylation is 2. The number of benzene rings is 2. The number of anilines is 1. The van der Waals surface area contributed by atoms with Gasteiger partial charge in [-0.2, -0.15) is 5.26 Å². The van der Waals surface area contributed by atoms with Gasteiger partial charge in [0.2, 0.25) is 5.91 Å². The number of ether oxygens (including phenoxy) is 2. The molecule has 1 aliphatic heterocycles. The number of hydrogen-bond acceptors (Lipinski definition) is 7. The van der Waals surface area contributed by atoms with Crippen molar-refractivity contribution in [2.75, 3.05) is 24.8 Å². The number of thioether (sulfide) groups is 1. The van der Waals surface area contributed by atoms with Gasteiger partial charge in [-0.05, 0) is 44.0 Å². The molecule has 0 radical (unpaired) electrons. The molecule has 2 atom stereocenters. The Hall–Kier alpha value is -3.83. The molecule has 3 rings (SSSR count). The van der Waals surface area contributed by atoms with E-state index in [9.17, 15) is 14.9 Å². The minimum Gasteiger partial charge on any atom is -0.496 e. The second kappa shape index (κ2) is 12.2. The number of para-hydroxylation sites is 1. The van der Waals surface area contributed by atoms with Crippen molar-refractivity contribution in [2.45, 2.75) is 26.7 Å². The van der Waals surface area contributed by atoms with Crippen LogP contribution in [0, 0.1) is 31.1 Å². The minimum atomic E-state index is -0.810. The third-order valence-electron chi connectivity index (χ3n) is 5.76. The molecular weight excluding hydrogens is 474 g/mol. The van der Waals surface area contributed by atoms with E-state index in [1.165, 1.54) is 24.9 Å². The summed E-state index contributed by atoms with van der Waals surface area (Å²) in [5.74, 6) is -1.65. The lowest BCUT2D eigenvalue weighted by Gasteiger charge is -2.30. The molecule has 7 nitrogen and oxygen atoms in total. The fourth-order valence-electron chi connectivity index (χ4n) is 4.02. The van der Waals surface area contributed by atoms with Gasteiger partial charge in [-0.3, -0.25) is 4.79 Å². The molecule has 36 heavy (non-hydrogen) atoms. The highest BCUT2D eigenvalue weighted by atomic mass is 32.2. The SMILES string of the molecule is C=CCOC(=O)C1=C(C)N=C(SCC(=O)Nc2cc(C)ccc2C)C(C#N)C1c1ccccc1OC. The van der Waals surface area contributed by atoms with E-state index in [-0.39, 0.29) is 23.8 Å². The first-order valence-corrected chi connectivity index (χ1v) is 12.4. The topological polar surface area (TPSA) is 101 Å². The summed E-state index contributed by atoms with van der Waals surface area (Å²) >= 11 is 1.19. The fourth-order valence-corrected chi connectivity index (χ4v) is 4.94. The van der Waals surface area contributed by atoms with Crippen LogP contribution in [0.15, 0.2) is 71.4 Å². The molecule has 0 bridgehead atoms. The van der Waals surface area contributed by atoms with Crippen LogP contribution >= 0.6 is 11.8 Å². The Kier molecular flexibility index (Phi) is 9.09. The van der Waals surface area contributed by atoms with E-state index in [2.05, 4.69) is 23.0 Å². The zero-order valence-electron chi connectivity index (χ0n) is 20.8. The summed E-state index contributed by atoms with van der Waals surface area (Å²) in [6.45, 7) is 9.22. The average Bonchev–Trinajstić information content (AvgIpc) is 2.87. The normalized spacial score (nSPS) is 17.0. The molecule has 1 aliphatic rings. The minimum absolute atomic E-state index is 0.0371. The highest BCUT2D eigenvalue weighted by Crippen LogP contribution is 2.44. The monoisotopic (exact) mass is 503 g/mol. The molecule has 1 heterocycles. The number of nitrogens with one attached hydrogen (secondary N) is 1. The van der Waals surface area contributed by atoms with Gasteiger partial charge in [0.05, 0.1) is 29.5 Å². The highest BCUT2D eigenvalue weighted by Gasteiger charge is 2.41. The molecule has 0 spiro atoms. The van der Waals surface area contributed by atoms with Gasteiger partial charge in [-0.15, -0.1) is 0 Å². The number of nitrogens with zero attached hydrogens (tertiary/aromatic N) is 2. The zero-order chi connectivity index (χ0) is 26.2. The molecule has 1 N–H and O–H groups in total. The number of allylic oxidation sites excluding steroid dienone is 1. The van der Waals surface area contributed by atoms with Gasteiger partial charge in [-0.25, -0.2) is 9.79 Å². The van der Waals surface area contributed by atoms with Crippen LogP contribution in [0.2, 0.25) is 0 Å². The maximum atomic E-state index is 13.0. The molecule has 0 saturated heterocycles. The third-order valence-corrected chi connectivity index (χ3v) is 6.81. The van der Waals surface area contributed by atoms with Gasteiger partial charge < -0.3 is 14.8 Å². The van der Waals surface area contributed by atoms with Gasteiger partial charge in [0, 0.05) is 22.9 Å². The van der Waals surface area contributed by atoms with Crippen molar-refractivity contribution in [1.29, 1.82) is 5.26 Å². The van der Waals surface area contributed by atoms with E-state index in [1.54, 1.807) is 13.0 Å². The van der Waals surface area contributed by atoms with Crippen molar-refractivity contribution in [2.24, 2.45) is 10.9 Å². The molecule has 2 unspecified atom stereocenters. The van der Waals surface area contributed by atoms with Crippen molar-refractivity contribution in [3.63, 3.8) is 0 Å². The lowest BCUT2D eigenvalue weighted by atomic mass is 9.78. The van der Waals surface area contributed by atoms with Crippen LogP contribution in [0.5, 0.6) is 5.75 Å². The summed E-state index contributed by atoms with van der Waals surface area (Å²) in [7, 11) is 1.54. The van der Waals surface area contributed by atoms with Gasteiger partial charge in [0.25, 0.3) is 0 Å². The smallest absolute Gasteiger partial charge is 0.336 e. The molecular formula is C28H29N3O4S. The van der Waals surface area contributed by atoms with E-state index < -0.39 is 17.8 Å². The molecule has 0 aliphatic carbocycles. The van der Waals surface area contributed by atoms with Crippen LogP contribution < -0.4 is 10.1 Å². The maximum absolute atomic E-state index is 13.0. The van der Waals surface area contributed by atoms with Gasteiger partial charge >= 0.3 is 5.97 Å². The molecule has 0 fully saturated rings. The molecule has 2 aromatic rings. The number of amides is 1. The van der Waals surface area contributed by atoms with Gasteiger partial charge in [0.15, 0.2) is 0 Å². The van der Waals surface area contributed by atoms with E-state index in [0.717, 1.165) is 16.8 Å². The van der Waals surface area contributed by atoms with Crippen molar-refractivity contribution < 1.29 is 19.1 Å². The Morgan fingerprint density at radius 3 is 2.67 bits per heavy atom. The predicted molar refractivity (Wildman–Crippen MR) is 143 cm³/mol. The van der Waals surface area contributed by atoms with Crippen LogP contribution in [0.3, 0.4) is 0 Å². The number of aliphatic imine (C=N–C) groups is 1. The summed E-state index contributed by atoms with van der Waals surface area (Å²) in [5.41, 5.74) is 4.14. The van der Waals surface area contributed by atoms with Crippen LogP contribution in [-0.2, 0) is 14.3 Å². The number of carbonyl (C=O) groups excluding carboxylic acids is 2. The first-order chi connectivity index (χ1) is 17.3. The fraction of sp³-hybridized carbons (Fsp3) is 0.286. The van der Waals surface area contributed by atoms with E-state index in [4.69, 9.17) is 9.47 Å². The number of hydrogen-bond donors (Lipinski definition) is 1. The second-order valence-corrected chi connectivity index (χ2v) is 9.31. The summed E-state index contributed by atoms with van der Waals surface area (Å²) in [4.78, 5) is 30.4. The number of rotatable bonds is 8. The van der Waals surface area contributed by atoms with Crippen LogP contribution in [0.25, 0.3) is 0 Å². The van der Waals surface area contributed by atoms with E-state index in [0.29, 0.717) is 22.1 Å². The number of methoxy groups -OCH3 is 1. The largest absolute Gasteiger partial charge is 0.496 e. The number of carbonyl (C=O) groups is 2. The molecule has 8 heteroatoms. The standard InChI is InChI=1S/C28H29N3O4S/c1-6-13-35-28(33)25-19(4)30-27(21(15-29)26(25)20-9-7-8-10-23(20)34-5)36-16-24(32)31-22-14-17(2)11-12-18(22)3/h6-12,14,21,26H,1,13,16H2,2-5H3,(H,31,32). The quantitative estimate of drug-likeness (QED) is 0.386. The second-order valence-electron chi connectivity index (χ2n) is 8.32. The Morgan fingerprint density at radius 2 is 1.97 bits per heavy atom. The van der Waals surface area contributed by atoms with Crippen molar-refractivity contribution in [3.8, 4) is 11.8 Å². The Labute approximate surface area is 215 Å². The zero-order valence-corrected chi connectivity index (χ0v) is 21.6. The molecule has 186 valence electrons. The van der Waals surface area contributed by atoms with Crippen LogP contribution in [-0.4, -0.2) is 36.4 Å². The van der Waals surface area contributed by atoms with E-state index in [1.807, 2.05) is 50.2 Å². The summed E-state index contributed by atoms with van der Waals surface area (Å²) in [6.07, 6.45) is 1.48. The van der Waals surface area contributed by atoms with Gasteiger partial charge in [-0.1, -0.05) is 54.7 Å². The summed E-state index contributed by atoms with van der Waals surface area (Å²) in [5, 5.41) is 13.6. The Bertz CT molecular complexity index is 1280. The van der Waals surface area contributed by atoms with Crippen LogP contribution in [0.1, 0.15) is 29.5 Å². The molecule has 0 saturated carbocycles. The maximum Gasteiger partial charge on any atom is 0.336 e. The number of esters is 1. The molecule has 2 aromatic carbocycles. The molecule has 1 amide bonds. The summed E-state index contributed by atoms with van der Waals surface area (Å²) in [6, 6.07) is 15.4. The van der Waals surface area contributed by atoms with Crippen LogP contribution in [0.4, 0.5) is 5.69 Å². The molecule has 0 aromatic heterocycles. The lowest BCUT2D eigenvalue weighted by molar-refractivity contribution is -0.138. The predicted octanol–water partition coefficient (Wildman–Crippen LogP) is 5.32. The van der Waals surface area contributed by atoms with Gasteiger partial charge in [0.1, 0.15) is 18.3 Å². The van der Waals surface area contributed by atoms with Crippen molar-refractivity contribution in [1.82, 2.24) is 0 Å². The summed E-state index contributed by atoms with van der Waals surface area (Å²) < 4.78 is 10.9. The highest BCUT2D eigenvalue weighted by molar-refractivity contribution is 8.14. The Morgan fingerprint density at radius 1 is 1.22 bits per heavy atom. The average molecular weight is 504 g/mol. The lowest BCUT2D eigenvalue weighted by Crippen LogP contribution is -2.30.